The Morgan fingerprint density at radius 2 is 1.29 bits per heavy atom. The van der Waals surface area contributed by atoms with Gasteiger partial charge in [-0.1, -0.05) is 6.92 Å². The van der Waals surface area contributed by atoms with Crippen LogP contribution in [-0.4, -0.2) is 35.8 Å². The zero-order valence-electron chi connectivity index (χ0n) is 15.6. The topological polar surface area (TPSA) is 19.0 Å². The number of rotatable bonds is 4. The highest BCUT2D eigenvalue weighted by Crippen LogP contribution is 2.38. The van der Waals surface area contributed by atoms with Gasteiger partial charge in [-0.05, 0) is 72.4 Å². The van der Waals surface area contributed by atoms with Crippen LogP contribution in [0.2, 0.25) is 0 Å². The molecule has 0 aromatic carbocycles. The summed E-state index contributed by atoms with van der Waals surface area (Å²) in [7, 11) is 6.42. The lowest BCUT2D eigenvalue weighted by atomic mass is 10.1. The Bertz CT molecular complexity index is 661. The molecule has 24 heavy (non-hydrogen) atoms. The van der Waals surface area contributed by atoms with Crippen LogP contribution >= 0.6 is 45.2 Å². The van der Waals surface area contributed by atoms with Crippen molar-refractivity contribution >= 4 is 45.2 Å². The molecule has 0 fully saturated rings. The SMILES string of the molecule is CCC1=C(C)N(C)C(C)=C(CCC2=C(C)N(C)C(I)=C(I)N2C)O1. The van der Waals surface area contributed by atoms with E-state index in [1.54, 1.807) is 0 Å². The Labute approximate surface area is 173 Å². The van der Waals surface area contributed by atoms with E-state index in [0.717, 1.165) is 30.8 Å². The van der Waals surface area contributed by atoms with Gasteiger partial charge < -0.3 is 19.4 Å². The normalized spacial score (nSPS) is 19.8. The van der Waals surface area contributed by atoms with Gasteiger partial charge in [-0.2, -0.15) is 0 Å². The van der Waals surface area contributed by atoms with Gasteiger partial charge in [-0.25, -0.2) is 0 Å². The summed E-state index contributed by atoms with van der Waals surface area (Å²) in [5.74, 6) is 2.18. The van der Waals surface area contributed by atoms with E-state index in [1.807, 2.05) is 0 Å². The van der Waals surface area contributed by atoms with Gasteiger partial charge in [-0.15, -0.1) is 0 Å². The Hall–Kier alpha value is -0.380. The molecule has 0 amide bonds. The van der Waals surface area contributed by atoms with Crippen molar-refractivity contribution in [3.05, 3.63) is 41.7 Å². The van der Waals surface area contributed by atoms with Crippen LogP contribution in [0.15, 0.2) is 41.7 Å². The fourth-order valence-electron chi connectivity index (χ4n) is 3.04. The third kappa shape index (κ3) is 3.59. The summed E-state index contributed by atoms with van der Waals surface area (Å²) in [6.45, 7) is 8.63. The Kier molecular flexibility index (Phi) is 6.55. The average molecular weight is 555 g/mol. The van der Waals surface area contributed by atoms with Crippen LogP contribution in [0.4, 0.5) is 0 Å². The number of ether oxygens (including phenoxy) is 1. The molecular weight excluding hydrogens is 528 g/mol. The molecular formula is C18H27I2N3O. The Morgan fingerprint density at radius 3 is 1.88 bits per heavy atom. The summed E-state index contributed by atoms with van der Waals surface area (Å²) in [6, 6.07) is 0. The highest BCUT2D eigenvalue weighted by Gasteiger charge is 2.26. The van der Waals surface area contributed by atoms with Crippen LogP contribution in [0.1, 0.15) is 47.0 Å². The van der Waals surface area contributed by atoms with Gasteiger partial charge in [0, 0.05) is 45.4 Å². The summed E-state index contributed by atoms with van der Waals surface area (Å²) < 4.78 is 8.76. The van der Waals surface area contributed by atoms with Crippen molar-refractivity contribution in [2.24, 2.45) is 0 Å². The first-order valence-electron chi connectivity index (χ1n) is 8.24. The van der Waals surface area contributed by atoms with Crippen LogP contribution in [0.25, 0.3) is 0 Å². The van der Waals surface area contributed by atoms with E-state index in [0.29, 0.717) is 0 Å². The first-order valence-corrected chi connectivity index (χ1v) is 10.4. The van der Waals surface area contributed by atoms with Gasteiger partial charge in [0.25, 0.3) is 0 Å². The summed E-state index contributed by atoms with van der Waals surface area (Å²) >= 11 is 4.84. The molecule has 0 saturated heterocycles. The molecule has 2 rings (SSSR count). The molecule has 0 bridgehead atoms. The molecule has 2 heterocycles. The average Bonchev–Trinajstić information content (AvgIpc) is 2.57. The van der Waals surface area contributed by atoms with E-state index in [-0.39, 0.29) is 0 Å². The lowest BCUT2D eigenvalue weighted by molar-refractivity contribution is 0.222. The fourth-order valence-corrected chi connectivity index (χ4v) is 4.42. The van der Waals surface area contributed by atoms with E-state index in [4.69, 9.17) is 4.74 Å². The van der Waals surface area contributed by atoms with E-state index in [9.17, 15) is 0 Å². The molecule has 2 aliphatic rings. The van der Waals surface area contributed by atoms with Crippen LogP contribution in [-0.2, 0) is 4.74 Å². The number of allylic oxidation sites excluding steroid dienone is 6. The zero-order chi connectivity index (χ0) is 18.2. The molecule has 6 heteroatoms. The Balaban J connectivity index is 2.19. The minimum absolute atomic E-state index is 0.915. The van der Waals surface area contributed by atoms with Crippen molar-refractivity contribution in [1.29, 1.82) is 0 Å². The van der Waals surface area contributed by atoms with Crippen molar-refractivity contribution in [1.82, 2.24) is 14.7 Å². The standard InChI is InChI=1S/C18H27I2N3O/c1-8-15-12(3)21(5)13(4)16(24-15)10-9-14-11(2)22(6)17(19)18(20)23(14)7/h8-10H2,1-7H3. The number of nitrogens with zero attached hydrogens (tertiary/aromatic N) is 3. The van der Waals surface area contributed by atoms with Crippen molar-refractivity contribution in [3.63, 3.8) is 0 Å². The smallest absolute Gasteiger partial charge is 0.123 e. The van der Waals surface area contributed by atoms with Crippen molar-refractivity contribution in [2.45, 2.75) is 47.0 Å². The molecule has 0 radical (unpaired) electrons. The second-order valence-electron chi connectivity index (χ2n) is 6.26. The maximum Gasteiger partial charge on any atom is 0.123 e. The van der Waals surface area contributed by atoms with Crippen LogP contribution in [0, 0.1) is 0 Å². The first-order chi connectivity index (χ1) is 11.2. The largest absolute Gasteiger partial charge is 0.462 e. The second-order valence-corrected chi connectivity index (χ2v) is 8.31. The minimum atomic E-state index is 0.915. The molecule has 134 valence electrons. The molecule has 0 aromatic heterocycles. The number of halogens is 2. The highest BCUT2D eigenvalue weighted by molar-refractivity contribution is 14.1. The van der Waals surface area contributed by atoms with Gasteiger partial charge in [0.05, 0.1) is 11.4 Å². The molecule has 2 aliphatic heterocycles. The Morgan fingerprint density at radius 1 is 0.750 bits per heavy atom. The summed E-state index contributed by atoms with van der Waals surface area (Å²) in [6.07, 6.45) is 2.81. The minimum Gasteiger partial charge on any atom is -0.462 e. The van der Waals surface area contributed by atoms with Crippen molar-refractivity contribution in [3.8, 4) is 0 Å². The lowest BCUT2D eigenvalue weighted by Gasteiger charge is -2.36. The van der Waals surface area contributed by atoms with E-state index >= 15 is 0 Å². The molecule has 4 nitrogen and oxygen atoms in total. The van der Waals surface area contributed by atoms with Gasteiger partial charge in [0.2, 0.25) is 0 Å². The molecule has 0 spiro atoms. The van der Waals surface area contributed by atoms with Gasteiger partial charge >= 0.3 is 0 Å². The van der Waals surface area contributed by atoms with Gasteiger partial charge in [0.15, 0.2) is 0 Å². The molecule has 0 N–H and O–H groups in total. The highest BCUT2D eigenvalue weighted by atomic mass is 127. The predicted molar refractivity (Wildman–Crippen MR) is 117 cm³/mol. The molecule has 0 aliphatic carbocycles. The van der Waals surface area contributed by atoms with E-state index in [1.165, 1.54) is 30.2 Å². The number of hydrogen-bond donors (Lipinski definition) is 0. The maximum absolute atomic E-state index is 6.21. The van der Waals surface area contributed by atoms with Gasteiger partial charge in [-0.3, -0.25) is 0 Å². The predicted octanol–water partition coefficient (Wildman–Crippen LogP) is 5.71. The van der Waals surface area contributed by atoms with Gasteiger partial charge in [0.1, 0.15) is 18.9 Å². The van der Waals surface area contributed by atoms with Crippen molar-refractivity contribution < 1.29 is 4.74 Å². The lowest BCUT2D eigenvalue weighted by Crippen LogP contribution is -2.29. The molecule has 0 aromatic rings. The summed E-state index contributed by atoms with van der Waals surface area (Å²) in [4.78, 5) is 6.83. The first kappa shape index (κ1) is 19.9. The van der Waals surface area contributed by atoms with Crippen LogP contribution in [0.5, 0.6) is 0 Å². The number of hydrogen-bond acceptors (Lipinski definition) is 4. The van der Waals surface area contributed by atoms with Crippen LogP contribution in [0.3, 0.4) is 0 Å². The summed E-state index contributed by atoms with van der Waals surface area (Å²) in [5, 5.41) is 0. The van der Waals surface area contributed by atoms with Crippen LogP contribution < -0.4 is 0 Å². The molecule has 0 unspecified atom stereocenters. The van der Waals surface area contributed by atoms with E-state index in [2.05, 4.69) is 109 Å². The fraction of sp³-hybridized carbons (Fsp3) is 0.556. The monoisotopic (exact) mass is 555 g/mol. The zero-order valence-corrected chi connectivity index (χ0v) is 19.9. The maximum atomic E-state index is 6.21. The second kappa shape index (κ2) is 7.88. The quantitative estimate of drug-likeness (QED) is 0.327. The third-order valence-corrected chi connectivity index (χ3v) is 8.56. The molecule has 0 atom stereocenters. The van der Waals surface area contributed by atoms with Crippen molar-refractivity contribution in [2.75, 3.05) is 21.1 Å². The molecule has 0 saturated carbocycles. The summed E-state index contributed by atoms with van der Waals surface area (Å²) in [5.41, 5.74) is 5.11. The van der Waals surface area contributed by atoms with E-state index < -0.39 is 0 Å². The third-order valence-electron chi connectivity index (χ3n) is 5.05.